The minimum absolute atomic E-state index is 0.431. The van der Waals surface area contributed by atoms with E-state index in [1.54, 1.807) is 12.1 Å². The lowest BCUT2D eigenvalue weighted by Gasteiger charge is -2.25. The first kappa shape index (κ1) is 18.0. The summed E-state index contributed by atoms with van der Waals surface area (Å²) in [7, 11) is -1.59. The van der Waals surface area contributed by atoms with E-state index in [1.807, 2.05) is 17.8 Å². The van der Waals surface area contributed by atoms with Gasteiger partial charge in [0.1, 0.15) is 14.2 Å². The highest BCUT2D eigenvalue weighted by Gasteiger charge is 2.24. The van der Waals surface area contributed by atoms with Gasteiger partial charge in [-0.15, -0.1) is 6.58 Å². The van der Waals surface area contributed by atoms with E-state index >= 15 is 0 Å². The molecule has 0 aliphatic heterocycles. The maximum Gasteiger partial charge on any atom is 0.373 e. The predicted molar refractivity (Wildman–Crippen MR) is 95.7 cm³/mol. The van der Waals surface area contributed by atoms with Crippen molar-refractivity contribution in [1.29, 1.82) is 0 Å². The zero-order chi connectivity index (χ0) is 16.9. The minimum Gasteiger partial charge on any atom is -0.292 e. The van der Waals surface area contributed by atoms with Crippen LogP contribution in [0.15, 0.2) is 36.5 Å². The van der Waals surface area contributed by atoms with Crippen LogP contribution in [-0.4, -0.2) is 14.0 Å². The summed E-state index contributed by atoms with van der Waals surface area (Å²) in [6, 6.07) is 7.59. The predicted octanol–water partition coefficient (Wildman–Crippen LogP) is 4.55. The third-order valence-electron chi connectivity index (χ3n) is 4.85. The Morgan fingerprint density at radius 2 is 1.87 bits per heavy atom. The molecule has 0 atom stereocenters. The monoisotopic (exact) mass is 331 g/mol. The van der Waals surface area contributed by atoms with Crippen molar-refractivity contribution in [2.75, 3.05) is 0 Å². The Morgan fingerprint density at radius 1 is 1.26 bits per heavy atom. The van der Waals surface area contributed by atoms with Crippen molar-refractivity contribution in [2.24, 2.45) is 5.92 Å². The molecule has 1 aliphatic carbocycles. The Labute approximate surface area is 140 Å². The molecule has 1 aliphatic rings. The Bertz CT molecular complexity index is 528. The van der Waals surface area contributed by atoms with Crippen LogP contribution in [0.2, 0.25) is 13.1 Å². The van der Waals surface area contributed by atoms with Crippen molar-refractivity contribution in [2.45, 2.75) is 52.1 Å². The average Bonchev–Trinajstić information content (AvgIpc) is 2.60. The van der Waals surface area contributed by atoms with Gasteiger partial charge >= 0.3 is 5.97 Å². The van der Waals surface area contributed by atoms with E-state index in [2.05, 4.69) is 26.6 Å². The maximum absolute atomic E-state index is 12.1. The van der Waals surface area contributed by atoms with Crippen LogP contribution in [0.3, 0.4) is 0 Å². The summed E-state index contributed by atoms with van der Waals surface area (Å²) < 4.78 is 0. The number of hydrogen-bond donors (Lipinski definition) is 0. The molecule has 0 heterocycles. The molecule has 2 rings (SSSR count). The molecule has 23 heavy (non-hydrogen) atoms. The summed E-state index contributed by atoms with van der Waals surface area (Å²) in [6.07, 6.45) is 6.13. The molecule has 0 unspecified atom stereocenters. The molecule has 0 spiro atoms. The van der Waals surface area contributed by atoms with Crippen LogP contribution in [0.5, 0.6) is 0 Å². The van der Waals surface area contributed by atoms with Crippen LogP contribution < -0.4 is 5.19 Å². The lowest BCUT2D eigenvalue weighted by atomic mass is 9.86. The molecule has 125 valence electrons. The minimum atomic E-state index is -1.59. The highest BCUT2D eigenvalue weighted by Crippen LogP contribution is 2.32. The van der Waals surface area contributed by atoms with Crippen LogP contribution in [-0.2, 0) is 9.78 Å². The van der Waals surface area contributed by atoms with Crippen molar-refractivity contribution >= 4 is 19.2 Å². The van der Waals surface area contributed by atoms with Gasteiger partial charge in [0.25, 0.3) is 0 Å². The van der Waals surface area contributed by atoms with Crippen molar-refractivity contribution in [1.82, 2.24) is 0 Å². The van der Waals surface area contributed by atoms with Gasteiger partial charge in [-0.2, -0.15) is 4.89 Å². The maximum atomic E-state index is 12.1. The fourth-order valence-electron chi connectivity index (χ4n) is 2.79. The summed E-state index contributed by atoms with van der Waals surface area (Å²) >= 11 is 0. The molecular weight excluding hydrogens is 304 g/mol. The van der Waals surface area contributed by atoms with Crippen molar-refractivity contribution in [3.63, 3.8) is 0 Å². The van der Waals surface area contributed by atoms with Crippen LogP contribution in [0.1, 0.15) is 49.4 Å². The molecule has 0 amide bonds. The van der Waals surface area contributed by atoms with Crippen LogP contribution >= 0.6 is 0 Å². The van der Waals surface area contributed by atoms with E-state index in [1.165, 1.54) is 11.6 Å². The zero-order valence-corrected chi connectivity index (χ0v) is 15.4. The van der Waals surface area contributed by atoms with Gasteiger partial charge in [-0.25, -0.2) is 4.79 Å². The lowest BCUT2D eigenvalue weighted by Crippen LogP contribution is -2.39. The summed E-state index contributed by atoms with van der Waals surface area (Å²) in [4.78, 5) is 22.3. The van der Waals surface area contributed by atoms with Gasteiger partial charge in [-0.05, 0) is 43.7 Å². The second-order valence-electron chi connectivity index (χ2n) is 6.85. The third-order valence-corrected chi connectivity index (χ3v) is 7.69. The second-order valence-corrected chi connectivity index (χ2v) is 11.3. The van der Waals surface area contributed by atoms with Gasteiger partial charge in [-0.1, -0.05) is 49.5 Å². The fourth-order valence-corrected chi connectivity index (χ4v) is 4.05. The Balaban J connectivity index is 1.85. The molecule has 1 radical (unpaired) electrons. The molecule has 0 N–H and O–H groups in total. The van der Waals surface area contributed by atoms with Gasteiger partial charge in [-0.3, -0.25) is 4.89 Å². The van der Waals surface area contributed by atoms with E-state index in [4.69, 9.17) is 9.78 Å². The van der Waals surface area contributed by atoms with Crippen molar-refractivity contribution in [3.05, 3.63) is 48.2 Å². The largest absolute Gasteiger partial charge is 0.373 e. The van der Waals surface area contributed by atoms with Crippen molar-refractivity contribution < 1.29 is 14.6 Å². The first-order valence-electron chi connectivity index (χ1n) is 8.44. The standard InChI is InChI=1S/C19H27O3Si/c1-5-15-7-11-17(12-8-15)21-22-19(20)16-9-13-18(14-10-16)23(3,4)6-2/h6,9-10,13-15H,2,5,7-8,11-12H2,1,3-4H3. The molecule has 1 aromatic rings. The highest BCUT2D eigenvalue weighted by atomic mass is 28.3. The molecule has 0 saturated heterocycles. The van der Waals surface area contributed by atoms with E-state index in [9.17, 15) is 4.79 Å². The van der Waals surface area contributed by atoms with Crippen LogP contribution in [0.25, 0.3) is 0 Å². The average molecular weight is 332 g/mol. The molecule has 1 saturated carbocycles. The molecular formula is C19H27O3Si. The smallest absolute Gasteiger partial charge is 0.292 e. The third kappa shape index (κ3) is 4.79. The van der Waals surface area contributed by atoms with Gasteiger partial charge in [0, 0.05) is 0 Å². The van der Waals surface area contributed by atoms with Gasteiger partial charge in [0.15, 0.2) is 0 Å². The van der Waals surface area contributed by atoms with Gasteiger partial charge in [0.05, 0.1) is 5.56 Å². The first-order chi connectivity index (χ1) is 11.0. The molecule has 0 bridgehead atoms. The summed E-state index contributed by atoms with van der Waals surface area (Å²) in [5.74, 6) is 0.350. The topological polar surface area (TPSA) is 35.5 Å². The van der Waals surface area contributed by atoms with Gasteiger partial charge in [0.2, 0.25) is 0 Å². The second kappa shape index (κ2) is 7.93. The zero-order valence-electron chi connectivity index (χ0n) is 14.4. The van der Waals surface area contributed by atoms with E-state index in [0.717, 1.165) is 37.7 Å². The van der Waals surface area contributed by atoms with E-state index in [0.29, 0.717) is 5.56 Å². The van der Waals surface area contributed by atoms with Crippen LogP contribution in [0.4, 0.5) is 0 Å². The number of rotatable bonds is 6. The fraction of sp³-hybridized carbons (Fsp3) is 0.474. The van der Waals surface area contributed by atoms with E-state index in [-0.39, 0.29) is 0 Å². The lowest BCUT2D eigenvalue weighted by molar-refractivity contribution is -0.240. The SMILES string of the molecule is C=C[Si](C)(C)c1ccc(C(=O)OO[C]2CCC(CC)CC2)cc1. The highest BCUT2D eigenvalue weighted by molar-refractivity contribution is 6.93. The summed E-state index contributed by atoms with van der Waals surface area (Å²) in [6.45, 7) is 10.6. The number of benzene rings is 1. The number of hydrogen-bond acceptors (Lipinski definition) is 3. The Hall–Kier alpha value is -1.39. The summed E-state index contributed by atoms with van der Waals surface area (Å²) in [5, 5.41) is 1.25. The molecule has 4 heteroatoms. The molecule has 1 aromatic carbocycles. The van der Waals surface area contributed by atoms with Crippen molar-refractivity contribution in [3.8, 4) is 0 Å². The summed E-state index contributed by atoms with van der Waals surface area (Å²) in [5.41, 5.74) is 2.55. The quantitative estimate of drug-likeness (QED) is 0.436. The number of carbonyl (C=O) groups excluding carboxylic acids is 1. The molecule has 3 nitrogen and oxygen atoms in total. The van der Waals surface area contributed by atoms with E-state index < -0.39 is 14.0 Å². The molecule has 1 fully saturated rings. The number of carbonyl (C=O) groups is 1. The molecule has 0 aromatic heterocycles. The Kier molecular flexibility index (Phi) is 6.19. The normalized spacial score (nSPS) is 17.0. The van der Waals surface area contributed by atoms with Crippen LogP contribution in [0, 0.1) is 12.0 Å². The van der Waals surface area contributed by atoms with Gasteiger partial charge < -0.3 is 0 Å². The Morgan fingerprint density at radius 3 is 2.39 bits per heavy atom. The first-order valence-corrected chi connectivity index (χ1v) is 11.5.